The first-order chi connectivity index (χ1) is 14.3. The summed E-state index contributed by atoms with van der Waals surface area (Å²) < 4.78 is 16.4. The lowest BCUT2D eigenvalue weighted by atomic mass is 10.1. The molecule has 0 saturated heterocycles. The zero-order valence-electron chi connectivity index (χ0n) is 16.4. The lowest BCUT2D eigenvalue weighted by Crippen LogP contribution is -2.37. The third-order valence-electron chi connectivity index (χ3n) is 4.53. The zero-order chi connectivity index (χ0) is 21.7. The van der Waals surface area contributed by atoms with Crippen LogP contribution in [0.5, 0.6) is 23.0 Å². The monoisotopic (exact) mass is 437 g/mol. The Morgan fingerprint density at radius 3 is 2.83 bits per heavy atom. The fourth-order valence-corrected chi connectivity index (χ4v) is 3.21. The second kappa shape index (κ2) is 9.88. The van der Waals surface area contributed by atoms with Gasteiger partial charge in [0.25, 0.3) is 0 Å². The highest BCUT2D eigenvalue weighted by molar-refractivity contribution is 6.32. The Morgan fingerprint density at radius 2 is 2.10 bits per heavy atom. The molecule has 1 heterocycles. The van der Waals surface area contributed by atoms with Crippen LogP contribution in [0.1, 0.15) is 12.5 Å². The number of carboxylic acid groups (broad SMARTS) is 1. The van der Waals surface area contributed by atoms with Gasteiger partial charge in [0.15, 0.2) is 11.5 Å². The standard InChI is InChI=1S/C21H24ClNO7/c1-12(23-9-15(25)10-28-17-5-3-14(24)8-16(17)22)6-13-2-4-18-19(7-13)29-11-20(30-18)21(26)27/h2-5,7-8,12,15,20,23-25H,6,9-11H2,1H3,(H,26,27)/t12-,15+,20-/m1/s1. The molecule has 162 valence electrons. The molecular weight excluding hydrogens is 414 g/mol. The lowest BCUT2D eigenvalue weighted by Gasteiger charge is -2.24. The van der Waals surface area contributed by atoms with Crippen molar-refractivity contribution in [1.82, 2.24) is 5.32 Å². The van der Waals surface area contributed by atoms with Crippen LogP contribution in [-0.4, -0.2) is 59.3 Å². The summed E-state index contributed by atoms with van der Waals surface area (Å²) in [7, 11) is 0. The van der Waals surface area contributed by atoms with Crippen molar-refractivity contribution in [1.29, 1.82) is 0 Å². The molecule has 0 unspecified atom stereocenters. The van der Waals surface area contributed by atoms with Gasteiger partial charge in [0, 0.05) is 18.7 Å². The van der Waals surface area contributed by atoms with Crippen LogP contribution in [0.2, 0.25) is 5.02 Å². The number of aliphatic hydroxyl groups is 1. The lowest BCUT2D eigenvalue weighted by molar-refractivity contribution is -0.147. The van der Waals surface area contributed by atoms with E-state index >= 15 is 0 Å². The Bertz CT molecular complexity index is 892. The highest BCUT2D eigenvalue weighted by Crippen LogP contribution is 2.33. The van der Waals surface area contributed by atoms with Crippen LogP contribution in [0.3, 0.4) is 0 Å². The molecule has 0 saturated carbocycles. The van der Waals surface area contributed by atoms with Crippen LogP contribution < -0.4 is 19.5 Å². The molecule has 0 aromatic heterocycles. The van der Waals surface area contributed by atoms with Crippen molar-refractivity contribution in [2.24, 2.45) is 0 Å². The van der Waals surface area contributed by atoms with Gasteiger partial charge in [-0.25, -0.2) is 4.79 Å². The van der Waals surface area contributed by atoms with Gasteiger partial charge in [-0.1, -0.05) is 17.7 Å². The highest BCUT2D eigenvalue weighted by Gasteiger charge is 2.27. The van der Waals surface area contributed by atoms with Gasteiger partial charge in [-0.15, -0.1) is 0 Å². The van der Waals surface area contributed by atoms with Crippen LogP contribution in [-0.2, 0) is 11.2 Å². The number of ether oxygens (including phenoxy) is 3. The molecule has 0 fully saturated rings. The third-order valence-corrected chi connectivity index (χ3v) is 4.83. The summed E-state index contributed by atoms with van der Waals surface area (Å²) in [4.78, 5) is 11.0. The van der Waals surface area contributed by atoms with Crippen LogP contribution in [0, 0.1) is 0 Å². The topological polar surface area (TPSA) is 117 Å². The van der Waals surface area contributed by atoms with Gasteiger partial charge in [0.2, 0.25) is 6.10 Å². The molecule has 0 amide bonds. The first-order valence-electron chi connectivity index (χ1n) is 9.49. The molecule has 0 aliphatic carbocycles. The summed E-state index contributed by atoms with van der Waals surface area (Å²) >= 11 is 5.97. The van der Waals surface area contributed by atoms with E-state index in [1.54, 1.807) is 12.1 Å². The number of rotatable bonds is 9. The summed E-state index contributed by atoms with van der Waals surface area (Å²) in [5.41, 5.74) is 0.993. The minimum atomic E-state index is -1.06. The fourth-order valence-electron chi connectivity index (χ4n) is 2.98. The molecule has 9 heteroatoms. The number of benzene rings is 2. The molecule has 4 N–H and O–H groups in total. The summed E-state index contributed by atoms with van der Waals surface area (Å²) in [6, 6.07) is 9.83. The number of phenolic OH excluding ortho intramolecular Hbond substituents is 1. The molecule has 8 nitrogen and oxygen atoms in total. The van der Waals surface area contributed by atoms with Gasteiger partial charge in [0.05, 0.1) is 5.02 Å². The first-order valence-corrected chi connectivity index (χ1v) is 9.87. The Labute approximate surface area is 179 Å². The van der Waals surface area contributed by atoms with Crippen LogP contribution >= 0.6 is 11.6 Å². The van der Waals surface area contributed by atoms with E-state index in [-0.39, 0.29) is 30.0 Å². The van der Waals surface area contributed by atoms with Crippen molar-refractivity contribution in [2.75, 3.05) is 19.8 Å². The maximum absolute atomic E-state index is 11.0. The molecule has 3 rings (SSSR count). The molecule has 3 atom stereocenters. The summed E-state index contributed by atoms with van der Waals surface area (Å²) in [6.45, 7) is 2.33. The van der Waals surface area contributed by atoms with Gasteiger partial charge in [-0.05, 0) is 43.2 Å². The number of aliphatic carboxylic acids is 1. The number of halogens is 1. The predicted octanol–water partition coefficient (Wildman–Crippen LogP) is 2.23. The molecule has 0 bridgehead atoms. The minimum Gasteiger partial charge on any atom is -0.508 e. The Morgan fingerprint density at radius 1 is 1.30 bits per heavy atom. The van der Waals surface area contributed by atoms with E-state index in [9.17, 15) is 15.0 Å². The van der Waals surface area contributed by atoms with Gasteiger partial charge >= 0.3 is 5.97 Å². The van der Waals surface area contributed by atoms with Crippen molar-refractivity contribution < 1.29 is 34.3 Å². The Hall–Kier alpha value is -2.68. The number of carboxylic acids is 1. The van der Waals surface area contributed by atoms with Crippen molar-refractivity contribution in [2.45, 2.75) is 31.6 Å². The molecule has 2 aromatic rings. The maximum Gasteiger partial charge on any atom is 0.348 e. The van der Waals surface area contributed by atoms with Crippen molar-refractivity contribution in [3.05, 3.63) is 47.0 Å². The van der Waals surface area contributed by atoms with Gasteiger partial charge in [-0.3, -0.25) is 0 Å². The van der Waals surface area contributed by atoms with Gasteiger partial charge in [-0.2, -0.15) is 0 Å². The van der Waals surface area contributed by atoms with Crippen molar-refractivity contribution in [3.8, 4) is 23.0 Å². The number of hydrogen-bond donors (Lipinski definition) is 4. The van der Waals surface area contributed by atoms with Crippen LogP contribution in [0.4, 0.5) is 0 Å². The molecule has 0 radical (unpaired) electrons. The van der Waals surface area contributed by atoms with E-state index in [1.807, 2.05) is 19.1 Å². The van der Waals surface area contributed by atoms with E-state index < -0.39 is 18.2 Å². The normalized spacial score (nSPS) is 17.2. The average Bonchev–Trinajstić information content (AvgIpc) is 2.71. The second-order valence-electron chi connectivity index (χ2n) is 7.13. The number of aliphatic hydroxyl groups excluding tert-OH is 1. The molecule has 1 aliphatic rings. The SMILES string of the molecule is C[C@H](Cc1ccc2c(c1)OC[C@H](C(=O)O)O2)NC[C@H](O)COc1ccc(O)cc1Cl. The van der Waals surface area contributed by atoms with Crippen LogP contribution in [0.25, 0.3) is 0 Å². The number of fused-ring (bicyclic) bond motifs is 1. The number of nitrogens with one attached hydrogen (secondary N) is 1. The predicted molar refractivity (Wildman–Crippen MR) is 110 cm³/mol. The van der Waals surface area contributed by atoms with Gasteiger partial charge in [0.1, 0.15) is 30.8 Å². The molecule has 2 aromatic carbocycles. The largest absolute Gasteiger partial charge is 0.508 e. The molecule has 1 aliphatic heterocycles. The van der Waals surface area contributed by atoms with E-state index in [0.717, 1.165) is 5.56 Å². The Kier molecular flexibility index (Phi) is 7.25. The number of aromatic hydroxyl groups is 1. The van der Waals surface area contributed by atoms with E-state index in [1.165, 1.54) is 12.1 Å². The third kappa shape index (κ3) is 5.91. The first kappa shape index (κ1) is 22.0. The number of phenols is 1. The average molecular weight is 438 g/mol. The van der Waals surface area contributed by atoms with E-state index in [0.29, 0.717) is 30.2 Å². The van der Waals surface area contributed by atoms with E-state index in [4.69, 9.17) is 30.9 Å². The summed E-state index contributed by atoms with van der Waals surface area (Å²) in [6.07, 6.45) is -1.06. The van der Waals surface area contributed by atoms with Crippen molar-refractivity contribution >= 4 is 17.6 Å². The maximum atomic E-state index is 11.0. The quantitative estimate of drug-likeness (QED) is 0.472. The molecular formula is C21H24ClNO7. The van der Waals surface area contributed by atoms with Gasteiger partial charge < -0.3 is 34.8 Å². The summed E-state index contributed by atoms with van der Waals surface area (Å²) in [5, 5.41) is 32.0. The Balaban J connectivity index is 1.44. The number of hydrogen-bond acceptors (Lipinski definition) is 7. The second-order valence-corrected chi connectivity index (χ2v) is 7.54. The minimum absolute atomic E-state index is 0.0309. The van der Waals surface area contributed by atoms with Crippen molar-refractivity contribution in [3.63, 3.8) is 0 Å². The highest BCUT2D eigenvalue weighted by atomic mass is 35.5. The molecule has 0 spiro atoms. The summed E-state index contributed by atoms with van der Waals surface area (Å²) in [5.74, 6) is 0.319. The molecule has 30 heavy (non-hydrogen) atoms. The fraction of sp³-hybridized carbons (Fsp3) is 0.381. The van der Waals surface area contributed by atoms with E-state index in [2.05, 4.69) is 5.32 Å². The number of carbonyl (C=O) groups is 1. The zero-order valence-corrected chi connectivity index (χ0v) is 17.1. The smallest absolute Gasteiger partial charge is 0.348 e. The van der Waals surface area contributed by atoms with Crippen LogP contribution in [0.15, 0.2) is 36.4 Å².